The van der Waals surface area contributed by atoms with Crippen molar-refractivity contribution in [1.29, 1.82) is 0 Å². The van der Waals surface area contributed by atoms with E-state index in [4.69, 9.17) is 4.42 Å². The van der Waals surface area contributed by atoms with E-state index in [0.29, 0.717) is 0 Å². The van der Waals surface area contributed by atoms with Crippen LogP contribution in [0.2, 0.25) is 0 Å². The van der Waals surface area contributed by atoms with Crippen LogP contribution in [-0.4, -0.2) is 4.98 Å². The van der Waals surface area contributed by atoms with Gasteiger partial charge in [-0.1, -0.05) is 19.1 Å². The van der Waals surface area contributed by atoms with Crippen molar-refractivity contribution in [3.63, 3.8) is 0 Å². The fraction of sp³-hybridized carbons (Fsp3) is 0.222. The predicted octanol–water partition coefficient (Wildman–Crippen LogP) is 2.19. The molecule has 0 bridgehead atoms. The summed E-state index contributed by atoms with van der Waals surface area (Å²) < 4.78 is 5.02. The number of hydrogen-bond donors (Lipinski definition) is 0. The molecular weight excluding hydrogens is 138 g/mol. The molecule has 2 rings (SSSR count). The van der Waals surface area contributed by atoms with Gasteiger partial charge in [0, 0.05) is 0 Å². The molecule has 0 aliphatic carbocycles. The molecule has 1 aromatic carbocycles. The number of oxazole rings is 1. The van der Waals surface area contributed by atoms with E-state index >= 15 is 0 Å². The molecule has 0 saturated heterocycles. The van der Waals surface area contributed by atoms with Gasteiger partial charge in [0.05, 0.1) is 0 Å². The van der Waals surface area contributed by atoms with Crippen molar-refractivity contribution in [3.05, 3.63) is 30.2 Å². The molecule has 0 spiro atoms. The van der Waals surface area contributed by atoms with Gasteiger partial charge in [-0.2, -0.15) is 0 Å². The Kier molecular flexibility index (Phi) is 1.39. The summed E-state index contributed by atoms with van der Waals surface area (Å²) in [6.45, 7) is 2.10. The minimum absolute atomic E-state index is 0.823. The molecule has 0 aliphatic heterocycles. The molecule has 0 amide bonds. The predicted molar refractivity (Wildman–Crippen MR) is 42.2 cm³/mol. The van der Waals surface area contributed by atoms with Crippen LogP contribution in [0.5, 0.6) is 0 Å². The van der Waals surface area contributed by atoms with Crippen molar-refractivity contribution in [2.75, 3.05) is 0 Å². The van der Waals surface area contributed by atoms with Gasteiger partial charge in [0.1, 0.15) is 5.52 Å². The Morgan fingerprint density at radius 2 is 2.45 bits per heavy atom. The van der Waals surface area contributed by atoms with Crippen LogP contribution in [-0.2, 0) is 6.42 Å². The minimum Gasteiger partial charge on any atom is -0.432 e. The molecule has 1 aromatic heterocycles. The first-order valence-electron chi connectivity index (χ1n) is 3.66. The molecule has 2 heteroatoms. The molecule has 55 valence electrons. The van der Waals surface area contributed by atoms with Crippen LogP contribution in [0, 0.1) is 6.39 Å². The first kappa shape index (κ1) is 6.40. The van der Waals surface area contributed by atoms with Crippen LogP contribution < -0.4 is 0 Å². The van der Waals surface area contributed by atoms with Crippen molar-refractivity contribution < 1.29 is 4.42 Å². The topological polar surface area (TPSA) is 26.0 Å². The second-order valence-electron chi connectivity index (χ2n) is 2.42. The Morgan fingerprint density at radius 1 is 1.55 bits per heavy atom. The first-order chi connectivity index (χ1) is 5.42. The standard InChI is InChI=1S/C9H8NO/c1-2-7-4-3-5-8-9(7)10-6-11-8/h3-5H,2H2,1H3. The maximum absolute atomic E-state index is 5.02. The van der Waals surface area contributed by atoms with Crippen LogP contribution in [0.25, 0.3) is 11.1 Å². The average Bonchev–Trinajstić information content (AvgIpc) is 2.50. The van der Waals surface area contributed by atoms with Gasteiger partial charge < -0.3 is 4.42 Å². The van der Waals surface area contributed by atoms with Crippen molar-refractivity contribution >= 4 is 11.1 Å². The van der Waals surface area contributed by atoms with E-state index in [0.717, 1.165) is 17.5 Å². The molecule has 0 fully saturated rings. The van der Waals surface area contributed by atoms with E-state index in [1.54, 1.807) is 0 Å². The highest BCUT2D eigenvalue weighted by Crippen LogP contribution is 2.16. The lowest BCUT2D eigenvalue weighted by molar-refractivity contribution is 0.591. The number of para-hydroxylation sites is 1. The van der Waals surface area contributed by atoms with E-state index in [1.165, 1.54) is 5.56 Å². The monoisotopic (exact) mass is 146 g/mol. The van der Waals surface area contributed by atoms with E-state index in [2.05, 4.69) is 24.4 Å². The molecule has 2 nitrogen and oxygen atoms in total. The highest BCUT2D eigenvalue weighted by atomic mass is 16.3. The lowest BCUT2D eigenvalue weighted by Gasteiger charge is -1.93. The lowest BCUT2D eigenvalue weighted by Crippen LogP contribution is -1.80. The van der Waals surface area contributed by atoms with E-state index in [9.17, 15) is 0 Å². The Balaban J connectivity index is 2.79. The van der Waals surface area contributed by atoms with Crippen LogP contribution in [0.4, 0.5) is 0 Å². The number of aryl methyl sites for hydroxylation is 1. The Bertz CT molecular complexity index is 364. The smallest absolute Gasteiger partial charge is 0.284 e. The molecule has 1 radical (unpaired) electrons. The van der Waals surface area contributed by atoms with Gasteiger partial charge in [-0.15, -0.1) is 0 Å². The number of nitrogens with zero attached hydrogens (tertiary/aromatic N) is 1. The van der Waals surface area contributed by atoms with Gasteiger partial charge in [0.2, 0.25) is 0 Å². The zero-order chi connectivity index (χ0) is 7.68. The number of fused-ring (bicyclic) bond motifs is 1. The fourth-order valence-electron chi connectivity index (χ4n) is 1.18. The summed E-state index contributed by atoms with van der Waals surface area (Å²) in [4.78, 5) is 4.00. The summed E-state index contributed by atoms with van der Waals surface area (Å²) in [7, 11) is 0. The Morgan fingerprint density at radius 3 is 3.27 bits per heavy atom. The zero-order valence-electron chi connectivity index (χ0n) is 6.29. The quantitative estimate of drug-likeness (QED) is 0.616. The third-order valence-corrected chi connectivity index (χ3v) is 1.78. The highest BCUT2D eigenvalue weighted by Gasteiger charge is 2.01. The summed E-state index contributed by atoms with van der Waals surface area (Å²) >= 11 is 0. The molecular formula is C9H8NO. The van der Waals surface area contributed by atoms with Crippen molar-refractivity contribution in [1.82, 2.24) is 4.98 Å². The largest absolute Gasteiger partial charge is 0.432 e. The lowest BCUT2D eigenvalue weighted by atomic mass is 10.1. The second kappa shape index (κ2) is 2.38. The van der Waals surface area contributed by atoms with E-state index in [-0.39, 0.29) is 0 Å². The van der Waals surface area contributed by atoms with Gasteiger partial charge in [-0.3, -0.25) is 0 Å². The third-order valence-electron chi connectivity index (χ3n) is 1.78. The van der Waals surface area contributed by atoms with Crippen LogP contribution in [0.15, 0.2) is 22.6 Å². The third kappa shape index (κ3) is 0.909. The second-order valence-corrected chi connectivity index (χ2v) is 2.42. The van der Waals surface area contributed by atoms with Crippen molar-refractivity contribution in [2.45, 2.75) is 13.3 Å². The maximum Gasteiger partial charge on any atom is 0.284 e. The van der Waals surface area contributed by atoms with Crippen molar-refractivity contribution in [3.8, 4) is 0 Å². The molecule has 0 aliphatic rings. The fourth-order valence-corrected chi connectivity index (χ4v) is 1.18. The van der Waals surface area contributed by atoms with Crippen LogP contribution in [0.3, 0.4) is 0 Å². The summed E-state index contributed by atoms with van der Waals surface area (Å²) in [5.74, 6) is 0. The van der Waals surface area contributed by atoms with Gasteiger partial charge in [0.25, 0.3) is 6.39 Å². The molecule has 1 heterocycles. The highest BCUT2D eigenvalue weighted by molar-refractivity contribution is 5.75. The Labute approximate surface area is 64.9 Å². The first-order valence-corrected chi connectivity index (χ1v) is 3.66. The number of aromatic nitrogens is 1. The minimum atomic E-state index is 0.823. The number of hydrogen-bond acceptors (Lipinski definition) is 2. The molecule has 0 saturated carbocycles. The normalized spacial score (nSPS) is 10.6. The number of rotatable bonds is 1. The summed E-state index contributed by atoms with van der Waals surface area (Å²) in [5, 5.41) is 0. The molecule has 11 heavy (non-hydrogen) atoms. The van der Waals surface area contributed by atoms with Gasteiger partial charge in [0.15, 0.2) is 5.58 Å². The molecule has 0 unspecified atom stereocenters. The molecule has 2 aromatic rings. The summed E-state index contributed by atoms with van der Waals surface area (Å²) in [6.07, 6.45) is 3.47. The summed E-state index contributed by atoms with van der Waals surface area (Å²) in [5.41, 5.74) is 2.98. The molecule has 0 atom stereocenters. The Hall–Kier alpha value is -1.31. The van der Waals surface area contributed by atoms with Gasteiger partial charge >= 0.3 is 0 Å². The SMILES string of the molecule is CCc1cccc2o[c]nc12. The summed E-state index contributed by atoms with van der Waals surface area (Å²) in [6, 6.07) is 5.93. The van der Waals surface area contributed by atoms with Crippen molar-refractivity contribution in [2.24, 2.45) is 0 Å². The maximum atomic E-state index is 5.02. The zero-order valence-corrected chi connectivity index (χ0v) is 6.29. The van der Waals surface area contributed by atoms with Crippen LogP contribution >= 0.6 is 0 Å². The van der Waals surface area contributed by atoms with E-state index in [1.807, 2.05) is 12.1 Å². The van der Waals surface area contributed by atoms with Gasteiger partial charge in [-0.25, -0.2) is 4.98 Å². The van der Waals surface area contributed by atoms with E-state index < -0.39 is 0 Å². The average molecular weight is 146 g/mol. The number of benzene rings is 1. The molecule has 0 N–H and O–H groups in total. The van der Waals surface area contributed by atoms with Crippen LogP contribution in [0.1, 0.15) is 12.5 Å². The van der Waals surface area contributed by atoms with Gasteiger partial charge in [-0.05, 0) is 18.1 Å².